The molecule has 0 spiro atoms. The minimum absolute atomic E-state index is 0.0103. The fourth-order valence-electron chi connectivity index (χ4n) is 2.43. The number of methoxy groups -OCH3 is 1. The van der Waals surface area contributed by atoms with Gasteiger partial charge < -0.3 is 15.2 Å². The number of nitrogens with one attached hydrogen (secondary N) is 1. The molecule has 2 rings (SSSR count). The maximum atomic E-state index is 12.4. The average molecular weight is 302 g/mol. The number of carboxylic acids is 1. The van der Waals surface area contributed by atoms with Crippen LogP contribution in [-0.4, -0.2) is 58.9 Å². The smallest absolute Gasteiger partial charge is 0.327 e. The van der Waals surface area contributed by atoms with Gasteiger partial charge in [-0.05, 0) is 25.2 Å². The molecule has 1 heterocycles. The van der Waals surface area contributed by atoms with Gasteiger partial charge in [0.05, 0.1) is 18.0 Å². The second-order valence-electron chi connectivity index (χ2n) is 5.33. The number of carbonyl (C=O) groups is 2. The molecule has 114 valence electrons. The van der Waals surface area contributed by atoms with Crippen LogP contribution >= 0.6 is 11.8 Å². The molecule has 1 aliphatic carbocycles. The highest BCUT2D eigenvalue weighted by molar-refractivity contribution is 8.00. The van der Waals surface area contributed by atoms with Crippen molar-refractivity contribution in [2.45, 2.75) is 43.6 Å². The highest BCUT2D eigenvalue weighted by atomic mass is 32.2. The molecule has 3 atom stereocenters. The van der Waals surface area contributed by atoms with Crippen LogP contribution in [0.2, 0.25) is 0 Å². The molecule has 0 bridgehead atoms. The largest absolute Gasteiger partial charge is 0.480 e. The van der Waals surface area contributed by atoms with Crippen molar-refractivity contribution < 1.29 is 19.4 Å². The van der Waals surface area contributed by atoms with Crippen LogP contribution in [0.25, 0.3) is 0 Å². The lowest BCUT2D eigenvalue weighted by molar-refractivity contribution is -0.141. The van der Waals surface area contributed by atoms with Crippen molar-refractivity contribution in [3.05, 3.63) is 0 Å². The molecule has 1 saturated heterocycles. The number of nitrogens with zero attached hydrogens (tertiary/aromatic N) is 1. The molecule has 1 aliphatic heterocycles. The average Bonchev–Trinajstić information content (AvgIpc) is 3.16. The van der Waals surface area contributed by atoms with E-state index < -0.39 is 12.0 Å². The molecular weight excluding hydrogens is 280 g/mol. The summed E-state index contributed by atoms with van der Waals surface area (Å²) >= 11 is 1.59. The van der Waals surface area contributed by atoms with Gasteiger partial charge >= 0.3 is 12.0 Å². The van der Waals surface area contributed by atoms with Crippen molar-refractivity contribution >= 4 is 23.8 Å². The van der Waals surface area contributed by atoms with Gasteiger partial charge in [-0.1, -0.05) is 6.92 Å². The summed E-state index contributed by atoms with van der Waals surface area (Å²) in [6, 6.07) is -1.07. The maximum absolute atomic E-state index is 12.4. The van der Waals surface area contributed by atoms with Crippen molar-refractivity contribution in [3.8, 4) is 0 Å². The first kappa shape index (κ1) is 15.4. The number of amides is 2. The van der Waals surface area contributed by atoms with Crippen molar-refractivity contribution in [2.24, 2.45) is 5.92 Å². The fourth-order valence-corrected chi connectivity index (χ4v) is 4.06. The minimum atomic E-state index is -0.921. The molecule has 3 unspecified atom stereocenters. The first-order valence-electron chi connectivity index (χ1n) is 7.00. The van der Waals surface area contributed by atoms with Crippen LogP contribution in [0, 0.1) is 5.92 Å². The van der Waals surface area contributed by atoms with Gasteiger partial charge in [0.1, 0.15) is 6.04 Å². The van der Waals surface area contributed by atoms with Crippen molar-refractivity contribution in [1.29, 1.82) is 0 Å². The lowest BCUT2D eigenvalue weighted by Gasteiger charge is -2.29. The van der Waals surface area contributed by atoms with Crippen LogP contribution in [0.4, 0.5) is 4.79 Å². The fraction of sp³-hybridized carbons (Fsp3) is 0.846. The molecule has 1 saturated carbocycles. The number of rotatable bonds is 6. The predicted molar refractivity (Wildman–Crippen MR) is 76.7 cm³/mol. The maximum Gasteiger partial charge on any atom is 0.327 e. The van der Waals surface area contributed by atoms with Crippen LogP contribution in [0.15, 0.2) is 0 Å². The standard InChI is InChI=1S/C13H22N2O4S/c1-3-9(6-19-2)14-13(18)15-10(12(16)17)7-20-11(15)8-4-5-8/h8-11H,3-7H2,1-2H3,(H,14,18)(H,16,17). The Kier molecular flexibility index (Phi) is 5.15. The summed E-state index contributed by atoms with van der Waals surface area (Å²) in [5, 5.41) is 12.2. The van der Waals surface area contributed by atoms with Crippen molar-refractivity contribution in [1.82, 2.24) is 10.2 Å². The second-order valence-corrected chi connectivity index (χ2v) is 6.48. The van der Waals surface area contributed by atoms with Gasteiger partial charge in [0, 0.05) is 12.9 Å². The Hall–Kier alpha value is -0.950. The highest BCUT2D eigenvalue weighted by Crippen LogP contribution is 2.45. The molecule has 2 fully saturated rings. The van der Waals surface area contributed by atoms with Gasteiger partial charge in [0.2, 0.25) is 0 Å². The van der Waals surface area contributed by atoms with Gasteiger partial charge in [-0.3, -0.25) is 4.90 Å². The zero-order chi connectivity index (χ0) is 14.7. The molecule has 6 nitrogen and oxygen atoms in total. The van der Waals surface area contributed by atoms with Gasteiger partial charge in [-0.25, -0.2) is 9.59 Å². The summed E-state index contributed by atoms with van der Waals surface area (Å²) in [4.78, 5) is 25.3. The second kappa shape index (κ2) is 6.67. The summed E-state index contributed by atoms with van der Waals surface area (Å²) in [5.41, 5.74) is 0. The topological polar surface area (TPSA) is 78.9 Å². The van der Waals surface area contributed by atoms with Crippen LogP contribution < -0.4 is 5.32 Å². The Bertz CT molecular complexity index is 375. The monoisotopic (exact) mass is 302 g/mol. The SMILES string of the molecule is CCC(COC)NC(=O)N1C(C(=O)O)CSC1C1CC1. The van der Waals surface area contributed by atoms with Crippen LogP contribution in [-0.2, 0) is 9.53 Å². The van der Waals surface area contributed by atoms with E-state index >= 15 is 0 Å². The number of ether oxygens (including phenoxy) is 1. The molecule has 2 N–H and O–H groups in total. The lowest BCUT2D eigenvalue weighted by Crippen LogP contribution is -2.53. The predicted octanol–water partition coefficient (Wildman–Crippen LogP) is 1.36. The van der Waals surface area contributed by atoms with E-state index in [9.17, 15) is 14.7 Å². The summed E-state index contributed by atoms with van der Waals surface area (Å²) in [6.45, 7) is 2.41. The van der Waals surface area contributed by atoms with E-state index in [1.165, 1.54) is 4.90 Å². The molecule has 2 amide bonds. The number of hydrogen-bond acceptors (Lipinski definition) is 4. The summed E-state index contributed by atoms with van der Waals surface area (Å²) in [6.07, 6.45) is 2.93. The Morgan fingerprint density at radius 2 is 2.20 bits per heavy atom. The van der Waals surface area contributed by atoms with Gasteiger partial charge in [0.15, 0.2) is 0 Å². The Labute approximate surface area is 123 Å². The number of aliphatic carboxylic acids is 1. The number of carboxylic acid groups (broad SMARTS) is 1. The van der Waals surface area contributed by atoms with Gasteiger partial charge in [0.25, 0.3) is 0 Å². The van der Waals surface area contributed by atoms with E-state index in [-0.39, 0.29) is 17.4 Å². The van der Waals surface area contributed by atoms with Gasteiger partial charge in [-0.2, -0.15) is 0 Å². The highest BCUT2D eigenvalue weighted by Gasteiger charge is 2.48. The minimum Gasteiger partial charge on any atom is -0.480 e. The number of urea groups is 1. The molecule has 0 radical (unpaired) electrons. The van der Waals surface area contributed by atoms with E-state index in [2.05, 4.69) is 5.32 Å². The first-order valence-corrected chi connectivity index (χ1v) is 8.05. The molecule has 2 aliphatic rings. The van der Waals surface area contributed by atoms with E-state index in [1.54, 1.807) is 18.9 Å². The number of carbonyl (C=O) groups excluding carboxylic acids is 1. The van der Waals surface area contributed by atoms with Crippen molar-refractivity contribution in [2.75, 3.05) is 19.5 Å². The Morgan fingerprint density at radius 3 is 2.70 bits per heavy atom. The summed E-state index contributed by atoms with van der Waals surface area (Å²) < 4.78 is 5.06. The summed E-state index contributed by atoms with van der Waals surface area (Å²) in [5.74, 6) is 0.0125. The quantitative estimate of drug-likeness (QED) is 0.774. The van der Waals surface area contributed by atoms with Crippen LogP contribution in [0.1, 0.15) is 26.2 Å². The lowest BCUT2D eigenvalue weighted by atomic mass is 10.2. The van der Waals surface area contributed by atoms with Crippen LogP contribution in [0.3, 0.4) is 0 Å². The normalized spacial score (nSPS) is 27.4. The molecule has 0 aromatic carbocycles. The molecule has 7 heteroatoms. The zero-order valence-electron chi connectivity index (χ0n) is 11.9. The first-order chi connectivity index (χ1) is 9.58. The van der Waals surface area contributed by atoms with Gasteiger partial charge in [-0.15, -0.1) is 11.8 Å². The number of thioether (sulfide) groups is 1. The third-order valence-electron chi connectivity index (χ3n) is 3.77. The summed E-state index contributed by atoms with van der Waals surface area (Å²) in [7, 11) is 1.59. The Balaban J connectivity index is 2.04. The third-order valence-corrected chi connectivity index (χ3v) is 5.23. The number of hydrogen-bond donors (Lipinski definition) is 2. The van der Waals surface area contributed by atoms with E-state index in [1.807, 2.05) is 6.92 Å². The molecule has 20 heavy (non-hydrogen) atoms. The third kappa shape index (κ3) is 3.38. The molecule has 0 aromatic rings. The molecular formula is C13H22N2O4S. The van der Waals surface area contributed by atoms with E-state index in [0.29, 0.717) is 18.3 Å². The van der Waals surface area contributed by atoms with E-state index in [4.69, 9.17) is 4.74 Å². The molecule has 0 aromatic heterocycles. The van der Waals surface area contributed by atoms with E-state index in [0.717, 1.165) is 19.3 Å². The Morgan fingerprint density at radius 1 is 1.50 bits per heavy atom. The zero-order valence-corrected chi connectivity index (χ0v) is 12.7. The van der Waals surface area contributed by atoms with Crippen molar-refractivity contribution in [3.63, 3.8) is 0 Å². The van der Waals surface area contributed by atoms with Crippen LogP contribution in [0.5, 0.6) is 0 Å².